The highest BCUT2D eigenvalue weighted by Crippen LogP contribution is 2.16. The number of rotatable bonds is 5. The van der Waals surface area contributed by atoms with E-state index in [-0.39, 0.29) is 5.91 Å². The van der Waals surface area contributed by atoms with Gasteiger partial charge in [-0.1, -0.05) is 26.3 Å². The lowest BCUT2D eigenvalue weighted by molar-refractivity contribution is 0.0740. The van der Waals surface area contributed by atoms with Crippen LogP contribution in [0.3, 0.4) is 0 Å². The molecule has 1 atom stereocenters. The number of aryl methyl sites for hydroxylation is 1. The summed E-state index contributed by atoms with van der Waals surface area (Å²) in [7, 11) is 0. The normalized spacial score (nSPS) is 12.2. The van der Waals surface area contributed by atoms with E-state index in [2.05, 4.69) is 13.8 Å². The Kier molecular flexibility index (Phi) is 5.20. The van der Waals surface area contributed by atoms with Gasteiger partial charge in [0.25, 0.3) is 5.91 Å². The van der Waals surface area contributed by atoms with Crippen LogP contribution >= 0.6 is 0 Å². The summed E-state index contributed by atoms with van der Waals surface area (Å²) in [4.78, 5) is 14.4. The highest BCUT2D eigenvalue weighted by atomic mass is 16.2. The number of anilines is 1. The number of amides is 1. The van der Waals surface area contributed by atoms with E-state index in [1.807, 2.05) is 30.9 Å². The molecule has 0 aromatic heterocycles. The Balaban J connectivity index is 2.92. The second kappa shape index (κ2) is 6.43. The summed E-state index contributed by atoms with van der Waals surface area (Å²) in [6.07, 6.45) is 1.08. The van der Waals surface area contributed by atoms with Crippen molar-refractivity contribution in [3.05, 3.63) is 29.3 Å². The number of benzene rings is 1. The third kappa shape index (κ3) is 3.49. The molecular weight excluding hydrogens is 224 g/mol. The average molecular weight is 248 g/mol. The van der Waals surface area contributed by atoms with Gasteiger partial charge in [0.2, 0.25) is 0 Å². The standard InChI is InChI=1S/C15H24N2O/c1-5-11(3)10-17(6-2)15(18)14-9-13(16)8-7-12(14)4/h7-9,11H,5-6,10,16H2,1-4H3. The Bertz CT molecular complexity index is 415. The Morgan fingerprint density at radius 3 is 2.61 bits per heavy atom. The fourth-order valence-corrected chi connectivity index (χ4v) is 1.90. The van der Waals surface area contributed by atoms with Crippen molar-refractivity contribution in [2.24, 2.45) is 5.92 Å². The molecule has 0 radical (unpaired) electrons. The lowest BCUT2D eigenvalue weighted by atomic mass is 10.0. The number of carbonyl (C=O) groups excluding carboxylic acids is 1. The third-order valence-electron chi connectivity index (χ3n) is 3.39. The predicted octanol–water partition coefficient (Wildman–Crippen LogP) is 3.09. The summed E-state index contributed by atoms with van der Waals surface area (Å²) >= 11 is 0. The fraction of sp³-hybridized carbons (Fsp3) is 0.533. The monoisotopic (exact) mass is 248 g/mol. The molecule has 1 unspecified atom stereocenters. The van der Waals surface area contributed by atoms with E-state index in [1.54, 1.807) is 6.07 Å². The maximum absolute atomic E-state index is 12.5. The average Bonchev–Trinajstić information content (AvgIpc) is 2.37. The van der Waals surface area contributed by atoms with E-state index in [1.165, 1.54) is 0 Å². The van der Waals surface area contributed by atoms with Crippen LogP contribution in [0, 0.1) is 12.8 Å². The van der Waals surface area contributed by atoms with Gasteiger partial charge >= 0.3 is 0 Å². The zero-order chi connectivity index (χ0) is 13.7. The molecule has 1 aromatic carbocycles. The van der Waals surface area contributed by atoms with Crippen LogP contribution in [0.4, 0.5) is 5.69 Å². The van der Waals surface area contributed by atoms with Crippen LogP contribution in [0.5, 0.6) is 0 Å². The minimum absolute atomic E-state index is 0.0857. The molecule has 100 valence electrons. The quantitative estimate of drug-likeness (QED) is 0.814. The van der Waals surface area contributed by atoms with Gasteiger partial charge in [-0.25, -0.2) is 0 Å². The summed E-state index contributed by atoms with van der Waals surface area (Å²) in [5.41, 5.74) is 8.11. The second-order valence-electron chi connectivity index (χ2n) is 4.93. The zero-order valence-electron chi connectivity index (χ0n) is 11.9. The molecule has 2 N–H and O–H groups in total. The van der Waals surface area contributed by atoms with Gasteiger partial charge in [0.15, 0.2) is 0 Å². The number of carbonyl (C=O) groups is 1. The SMILES string of the molecule is CCC(C)CN(CC)C(=O)c1cc(N)ccc1C. The highest BCUT2D eigenvalue weighted by Gasteiger charge is 2.17. The zero-order valence-corrected chi connectivity index (χ0v) is 11.9. The van der Waals surface area contributed by atoms with Crippen LogP contribution in [0.2, 0.25) is 0 Å². The molecule has 3 nitrogen and oxygen atoms in total. The molecule has 18 heavy (non-hydrogen) atoms. The molecule has 0 heterocycles. The van der Waals surface area contributed by atoms with Gasteiger partial charge in [-0.2, -0.15) is 0 Å². The van der Waals surface area contributed by atoms with Crippen LogP contribution in [0.15, 0.2) is 18.2 Å². The van der Waals surface area contributed by atoms with E-state index in [9.17, 15) is 4.79 Å². The van der Waals surface area contributed by atoms with Gasteiger partial charge in [-0.15, -0.1) is 0 Å². The molecule has 3 heteroatoms. The lowest BCUT2D eigenvalue weighted by Gasteiger charge is -2.25. The third-order valence-corrected chi connectivity index (χ3v) is 3.39. The van der Waals surface area contributed by atoms with Gasteiger partial charge in [-0.3, -0.25) is 4.79 Å². The molecule has 0 fully saturated rings. The van der Waals surface area contributed by atoms with Crippen LogP contribution in [-0.2, 0) is 0 Å². The van der Waals surface area contributed by atoms with Crippen LogP contribution in [0.25, 0.3) is 0 Å². The van der Waals surface area contributed by atoms with Crippen molar-refractivity contribution in [3.63, 3.8) is 0 Å². The number of hydrogen-bond acceptors (Lipinski definition) is 2. The molecule has 1 amide bonds. The van der Waals surface area contributed by atoms with Gasteiger partial charge in [0.1, 0.15) is 0 Å². The summed E-state index contributed by atoms with van der Waals surface area (Å²) in [6.45, 7) is 9.82. The summed E-state index contributed by atoms with van der Waals surface area (Å²) in [6, 6.07) is 5.51. The predicted molar refractivity (Wildman–Crippen MR) is 76.6 cm³/mol. The smallest absolute Gasteiger partial charge is 0.254 e. The molecule has 1 rings (SSSR count). The van der Waals surface area contributed by atoms with E-state index < -0.39 is 0 Å². The van der Waals surface area contributed by atoms with E-state index in [4.69, 9.17) is 5.73 Å². The number of nitrogen functional groups attached to an aromatic ring is 1. The van der Waals surface area contributed by atoms with Crippen molar-refractivity contribution in [1.29, 1.82) is 0 Å². The molecule has 0 aliphatic carbocycles. The molecule has 0 aliphatic rings. The van der Waals surface area contributed by atoms with Gasteiger partial charge in [0.05, 0.1) is 0 Å². The minimum atomic E-state index is 0.0857. The fourth-order valence-electron chi connectivity index (χ4n) is 1.90. The Morgan fingerprint density at radius 1 is 1.39 bits per heavy atom. The first-order chi connectivity index (χ1) is 8.49. The number of nitrogens with two attached hydrogens (primary N) is 1. The molecule has 0 bridgehead atoms. The summed E-state index contributed by atoms with van der Waals surface area (Å²) in [5.74, 6) is 0.609. The van der Waals surface area contributed by atoms with E-state index in [0.717, 1.165) is 30.6 Å². The number of nitrogens with zero attached hydrogens (tertiary/aromatic N) is 1. The highest BCUT2D eigenvalue weighted by molar-refractivity contribution is 5.96. The Morgan fingerprint density at radius 2 is 2.06 bits per heavy atom. The van der Waals surface area contributed by atoms with Gasteiger partial charge in [0, 0.05) is 24.3 Å². The lowest BCUT2D eigenvalue weighted by Crippen LogP contribution is -2.35. The molecule has 0 saturated heterocycles. The Hall–Kier alpha value is -1.51. The van der Waals surface area contributed by atoms with Crippen molar-refractivity contribution >= 4 is 11.6 Å². The van der Waals surface area contributed by atoms with Crippen molar-refractivity contribution in [2.45, 2.75) is 34.1 Å². The molecular formula is C15H24N2O. The van der Waals surface area contributed by atoms with Crippen LogP contribution < -0.4 is 5.73 Å². The van der Waals surface area contributed by atoms with Crippen molar-refractivity contribution in [2.75, 3.05) is 18.8 Å². The first-order valence-corrected chi connectivity index (χ1v) is 6.64. The first kappa shape index (κ1) is 14.6. The second-order valence-corrected chi connectivity index (χ2v) is 4.93. The molecule has 1 aromatic rings. The molecule has 0 saturated carbocycles. The van der Waals surface area contributed by atoms with Crippen LogP contribution in [0.1, 0.15) is 43.1 Å². The molecule has 0 aliphatic heterocycles. The van der Waals surface area contributed by atoms with Crippen molar-refractivity contribution in [3.8, 4) is 0 Å². The topological polar surface area (TPSA) is 46.3 Å². The van der Waals surface area contributed by atoms with Gasteiger partial charge in [-0.05, 0) is 37.5 Å². The summed E-state index contributed by atoms with van der Waals surface area (Å²) in [5, 5.41) is 0. The first-order valence-electron chi connectivity index (χ1n) is 6.64. The van der Waals surface area contributed by atoms with E-state index >= 15 is 0 Å². The maximum atomic E-state index is 12.5. The maximum Gasteiger partial charge on any atom is 0.254 e. The number of hydrogen-bond donors (Lipinski definition) is 1. The minimum Gasteiger partial charge on any atom is -0.399 e. The molecule has 0 spiro atoms. The largest absolute Gasteiger partial charge is 0.399 e. The summed E-state index contributed by atoms with van der Waals surface area (Å²) < 4.78 is 0. The van der Waals surface area contributed by atoms with Gasteiger partial charge < -0.3 is 10.6 Å². The van der Waals surface area contributed by atoms with Crippen molar-refractivity contribution < 1.29 is 4.79 Å². The van der Waals surface area contributed by atoms with Crippen LogP contribution in [-0.4, -0.2) is 23.9 Å². The van der Waals surface area contributed by atoms with Crippen molar-refractivity contribution in [1.82, 2.24) is 4.90 Å². The van der Waals surface area contributed by atoms with E-state index in [0.29, 0.717) is 11.6 Å². The Labute approximate surface area is 110 Å².